The van der Waals surface area contributed by atoms with E-state index in [2.05, 4.69) is 25.1 Å². The van der Waals surface area contributed by atoms with Crippen molar-refractivity contribution in [2.45, 2.75) is 25.9 Å². The van der Waals surface area contributed by atoms with Gasteiger partial charge in [-0.1, -0.05) is 13.0 Å². The minimum absolute atomic E-state index is 0.393. The number of hydrogen-bond donors (Lipinski definition) is 0. The van der Waals surface area contributed by atoms with Gasteiger partial charge in [0.1, 0.15) is 11.4 Å². The van der Waals surface area contributed by atoms with Crippen LogP contribution in [0.1, 0.15) is 25.0 Å². The molecule has 0 saturated carbocycles. The third-order valence-corrected chi connectivity index (χ3v) is 2.76. The maximum absolute atomic E-state index is 5.92. The van der Waals surface area contributed by atoms with E-state index >= 15 is 0 Å². The molecule has 16 heavy (non-hydrogen) atoms. The number of benzene rings is 1. The quantitative estimate of drug-likeness (QED) is 0.775. The Morgan fingerprint density at radius 1 is 1.44 bits per heavy atom. The average molecular weight is 217 g/mol. The van der Waals surface area contributed by atoms with Crippen molar-refractivity contribution in [3.63, 3.8) is 0 Å². The van der Waals surface area contributed by atoms with Crippen LogP contribution in [-0.2, 0) is 11.2 Å². The third-order valence-electron chi connectivity index (χ3n) is 2.76. The largest absolute Gasteiger partial charge is 0.480 e. The Bertz CT molecular complexity index is 409. The number of ether oxygens (including phenoxy) is 2. The van der Waals surface area contributed by atoms with E-state index in [9.17, 15) is 0 Å². The van der Waals surface area contributed by atoms with Crippen LogP contribution in [0.5, 0.6) is 5.75 Å². The fourth-order valence-corrected chi connectivity index (χ4v) is 1.87. The molecule has 1 aliphatic rings. The SMILES string of the molecule is CCc1ccc2c(c1)[C]=C[C@@](C)(COC)O2. The molecule has 0 saturated heterocycles. The Hall–Kier alpha value is -1.28. The summed E-state index contributed by atoms with van der Waals surface area (Å²) in [7, 11) is 1.68. The van der Waals surface area contributed by atoms with Gasteiger partial charge in [0.25, 0.3) is 0 Å². The molecule has 0 aliphatic carbocycles. The highest BCUT2D eigenvalue weighted by atomic mass is 16.5. The lowest BCUT2D eigenvalue weighted by molar-refractivity contribution is 0.0361. The van der Waals surface area contributed by atoms with Crippen molar-refractivity contribution in [2.24, 2.45) is 0 Å². The minimum Gasteiger partial charge on any atom is -0.480 e. The van der Waals surface area contributed by atoms with E-state index in [1.807, 2.05) is 19.1 Å². The third kappa shape index (κ3) is 2.12. The van der Waals surface area contributed by atoms with Crippen LogP contribution in [0.2, 0.25) is 0 Å². The first-order chi connectivity index (χ1) is 7.67. The standard InChI is InChI=1S/C14H17O2/c1-4-11-5-6-13-12(9-11)7-8-14(2,16-13)10-15-3/h5-6,8-9H,4,10H2,1-3H3/t14-/m0/s1. The molecule has 0 fully saturated rings. The molecule has 85 valence electrons. The predicted octanol–water partition coefficient (Wildman–Crippen LogP) is 2.75. The molecule has 2 heteroatoms. The van der Waals surface area contributed by atoms with Gasteiger partial charge in [-0.15, -0.1) is 0 Å². The van der Waals surface area contributed by atoms with Gasteiger partial charge in [0.2, 0.25) is 0 Å². The van der Waals surface area contributed by atoms with Crippen LogP contribution in [0, 0.1) is 6.08 Å². The number of methoxy groups -OCH3 is 1. The average Bonchev–Trinajstić information content (AvgIpc) is 2.28. The second kappa shape index (κ2) is 4.30. The summed E-state index contributed by atoms with van der Waals surface area (Å²) in [4.78, 5) is 0. The molecule has 1 aromatic carbocycles. The molecule has 1 atom stereocenters. The molecule has 0 spiro atoms. The Morgan fingerprint density at radius 3 is 2.94 bits per heavy atom. The highest BCUT2D eigenvalue weighted by Crippen LogP contribution is 2.30. The van der Waals surface area contributed by atoms with Crippen molar-refractivity contribution in [1.82, 2.24) is 0 Å². The van der Waals surface area contributed by atoms with Crippen molar-refractivity contribution in [2.75, 3.05) is 13.7 Å². The smallest absolute Gasteiger partial charge is 0.148 e. The van der Waals surface area contributed by atoms with Gasteiger partial charge in [-0.25, -0.2) is 0 Å². The summed E-state index contributed by atoms with van der Waals surface area (Å²) in [5.41, 5.74) is 1.95. The van der Waals surface area contributed by atoms with E-state index in [0.717, 1.165) is 17.7 Å². The maximum atomic E-state index is 5.92. The molecular weight excluding hydrogens is 200 g/mol. The van der Waals surface area contributed by atoms with E-state index < -0.39 is 5.60 Å². The molecule has 1 radical (unpaired) electrons. The van der Waals surface area contributed by atoms with Crippen LogP contribution < -0.4 is 4.74 Å². The highest BCUT2D eigenvalue weighted by Gasteiger charge is 2.27. The normalized spacial score (nSPS) is 22.7. The van der Waals surface area contributed by atoms with Crippen molar-refractivity contribution in [3.05, 3.63) is 41.5 Å². The zero-order chi connectivity index (χ0) is 11.6. The lowest BCUT2D eigenvalue weighted by Gasteiger charge is -2.30. The lowest BCUT2D eigenvalue weighted by Crippen LogP contribution is -2.37. The number of aryl methyl sites for hydroxylation is 1. The van der Waals surface area contributed by atoms with Crippen LogP contribution in [0.15, 0.2) is 24.3 Å². The van der Waals surface area contributed by atoms with Gasteiger partial charge >= 0.3 is 0 Å². The molecule has 1 aromatic rings. The van der Waals surface area contributed by atoms with Gasteiger partial charge in [-0.05, 0) is 43.2 Å². The Morgan fingerprint density at radius 2 is 2.25 bits per heavy atom. The molecule has 0 amide bonds. The van der Waals surface area contributed by atoms with Crippen LogP contribution in [-0.4, -0.2) is 19.3 Å². The van der Waals surface area contributed by atoms with Gasteiger partial charge in [0.15, 0.2) is 0 Å². The maximum Gasteiger partial charge on any atom is 0.148 e. The zero-order valence-corrected chi connectivity index (χ0v) is 10.0. The lowest BCUT2D eigenvalue weighted by atomic mass is 9.99. The summed E-state index contributed by atoms with van der Waals surface area (Å²) in [6, 6.07) is 6.24. The van der Waals surface area contributed by atoms with Crippen LogP contribution in [0.4, 0.5) is 0 Å². The zero-order valence-electron chi connectivity index (χ0n) is 10.0. The van der Waals surface area contributed by atoms with E-state index in [1.54, 1.807) is 7.11 Å². The van der Waals surface area contributed by atoms with E-state index in [-0.39, 0.29) is 0 Å². The fourth-order valence-electron chi connectivity index (χ4n) is 1.87. The first kappa shape index (κ1) is 11.2. The summed E-state index contributed by atoms with van der Waals surface area (Å²) in [5.74, 6) is 0.888. The van der Waals surface area contributed by atoms with Gasteiger partial charge in [-0.3, -0.25) is 0 Å². The summed E-state index contributed by atoms with van der Waals surface area (Å²) in [6.45, 7) is 4.68. The molecule has 0 N–H and O–H groups in total. The molecule has 1 heterocycles. The van der Waals surface area contributed by atoms with E-state index in [0.29, 0.717) is 6.61 Å². The first-order valence-electron chi connectivity index (χ1n) is 5.58. The van der Waals surface area contributed by atoms with Gasteiger partial charge in [0, 0.05) is 12.7 Å². The number of fused-ring (bicyclic) bond motifs is 1. The Kier molecular flexibility index (Phi) is 3.01. The van der Waals surface area contributed by atoms with Crippen molar-refractivity contribution < 1.29 is 9.47 Å². The number of rotatable bonds is 3. The van der Waals surface area contributed by atoms with Crippen LogP contribution >= 0.6 is 0 Å². The first-order valence-corrected chi connectivity index (χ1v) is 5.58. The van der Waals surface area contributed by atoms with Gasteiger partial charge in [0.05, 0.1) is 6.61 Å². The topological polar surface area (TPSA) is 18.5 Å². The van der Waals surface area contributed by atoms with E-state index in [1.165, 1.54) is 5.56 Å². The van der Waals surface area contributed by atoms with Crippen LogP contribution in [0.25, 0.3) is 0 Å². The second-order valence-electron chi connectivity index (χ2n) is 4.32. The molecule has 0 bridgehead atoms. The fraction of sp³-hybridized carbons (Fsp3) is 0.429. The second-order valence-corrected chi connectivity index (χ2v) is 4.32. The highest BCUT2D eigenvalue weighted by molar-refractivity contribution is 5.44. The Balaban J connectivity index is 2.29. The van der Waals surface area contributed by atoms with Crippen molar-refractivity contribution in [1.29, 1.82) is 0 Å². The molecule has 2 nitrogen and oxygen atoms in total. The molecule has 1 aliphatic heterocycles. The summed E-state index contributed by atoms with van der Waals surface area (Å²) >= 11 is 0. The van der Waals surface area contributed by atoms with Gasteiger partial charge < -0.3 is 9.47 Å². The predicted molar refractivity (Wildman–Crippen MR) is 63.6 cm³/mol. The van der Waals surface area contributed by atoms with Crippen molar-refractivity contribution in [3.8, 4) is 5.75 Å². The summed E-state index contributed by atoms with van der Waals surface area (Å²) < 4.78 is 11.1. The minimum atomic E-state index is -0.393. The monoisotopic (exact) mass is 217 g/mol. The molecule has 0 unspecified atom stereocenters. The molecular formula is C14H17O2. The number of hydrogen-bond acceptors (Lipinski definition) is 2. The Labute approximate surface area is 96.9 Å². The summed E-state index contributed by atoms with van der Waals surface area (Å²) in [5, 5.41) is 0. The molecule has 0 aromatic heterocycles. The van der Waals surface area contributed by atoms with Crippen LogP contribution in [0.3, 0.4) is 0 Å². The van der Waals surface area contributed by atoms with Gasteiger partial charge in [-0.2, -0.15) is 0 Å². The van der Waals surface area contributed by atoms with E-state index in [4.69, 9.17) is 9.47 Å². The molecule has 2 rings (SSSR count). The van der Waals surface area contributed by atoms with Crippen molar-refractivity contribution >= 4 is 0 Å². The summed E-state index contributed by atoms with van der Waals surface area (Å²) in [6.07, 6.45) is 6.26.